The lowest BCUT2D eigenvalue weighted by atomic mass is 10.1. The Kier molecular flexibility index (Phi) is 4.62. The summed E-state index contributed by atoms with van der Waals surface area (Å²) in [6, 6.07) is 15.9. The molecular formula is C17H18N2O. The molecule has 20 heavy (non-hydrogen) atoms. The lowest BCUT2D eigenvalue weighted by Crippen LogP contribution is -2.01. The summed E-state index contributed by atoms with van der Waals surface area (Å²) < 4.78 is 5.42. The maximum Gasteiger partial charge on any atom is 0.119 e. The van der Waals surface area contributed by atoms with Crippen LogP contribution in [0.1, 0.15) is 23.6 Å². The van der Waals surface area contributed by atoms with E-state index in [2.05, 4.69) is 11.4 Å². The molecule has 0 spiro atoms. The number of anilines is 1. The van der Waals surface area contributed by atoms with Gasteiger partial charge in [0.15, 0.2) is 0 Å². The second-order valence-corrected chi connectivity index (χ2v) is 4.57. The van der Waals surface area contributed by atoms with E-state index in [1.807, 2.05) is 56.3 Å². The van der Waals surface area contributed by atoms with Crippen molar-refractivity contribution in [2.45, 2.75) is 20.4 Å². The minimum absolute atomic E-state index is 0.671. The van der Waals surface area contributed by atoms with Crippen molar-refractivity contribution in [1.29, 1.82) is 5.26 Å². The summed E-state index contributed by atoms with van der Waals surface area (Å²) in [5.74, 6) is 0.888. The maximum absolute atomic E-state index is 8.93. The first kappa shape index (κ1) is 14.0. The molecule has 0 amide bonds. The van der Waals surface area contributed by atoms with E-state index in [9.17, 15) is 0 Å². The van der Waals surface area contributed by atoms with E-state index in [-0.39, 0.29) is 0 Å². The van der Waals surface area contributed by atoms with Crippen LogP contribution in [-0.4, -0.2) is 6.61 Å². The van der Waals surface area contributed by atoms with Crippen LogP contribution >= 0.6 is 0 Å². The van der Waals surface area contributed by atoms with Crippen LogP contribution in [0.4, 0.5) is 5.69 Å². The highest BCUT2D eigenvalue weighted by atomic mass is 16.5. The van der Waals surface area contributed by atoms with E-state index in [1.165, 1.54) is 5.56 Å². The van der Waals surface area contributed by atoms with Gasteiger partial charge in [-0.1, -0.05) is 18.2 Å². The monoisotopic (exact) mass is 266 g/mol. The van der Waals surface area contributed by atoms with Gasteiger partial charge in [0.2, 0.25) is 0 Å². The Morgan fingerprint density at radius 1 is 1.15 bits per heavy atom. The first-order valence-corrected chi connectivity index (χ1v) is 6.69. The largest absolute Gasteiger partial charge is 0.494 e. The fourth-order valence-corrected chi connectivity index (χ4v) is 1.95. The van der Waals surface area contributed by atoms with E-state index in [0.29, 0.717) is 12.2 Å². The first-order chi connectivity index (χ1) is 9.72. The van der Waals surface area contributed by atoms with Gasteiger partial charge in [-0.2, -0.15) is 5.26 Å². The molecule has 2 rings (SSSR count). The Labute approximate surface area is 119 Å². The van der Waals surface area contributed by atoms with Crippen LogP contribution in [0.25, 0.3) is 0 Å². The van der Waals surface area contributed by atoms with E-state index in [1.54, 1.807) is 0 Å². The van der Waals surface area contributed by atoms with Gasteiger partial charge in [-0.3, -0.25) is 0 Å². The lowest BCUT2D eigenvalue weighted by Gasteiger charge is -2.10. The average Bonchev–Trinajstić information content (AvgIpc) is 2.48. The van der Waals surface area contributed by atoms with Crippen molar-refractivity contribution in [2.24, 2.45) is 0 Å². The SMILES string of the molecule is CCOc1ccc(CNc2cc(C#N)ccc2C)cc1. The molecule has 0 unspecified atom stereocenters. The number of hydrogen-bond acceptors (Lipinski definition) is 3. The third-order valence-corrected chi connectivity index (χ3v) is 3.08. The fourth-order valence-electron chi connectivity index (χ4n) is 1.95. The predicted molar refractivity (Wildman–Crippen MR) is 80.8 cm³/mol. The molecule has 0 aromatic heterocycles. The molecule has 0 saturated carbocycles. The summed E-state index contributed by atoms with van der Waals surface area (Å²) in [5.41, 5.74) is 3.98. The van der Waals surface area contributed by atoms with Crippen LogP contribution in [0.3, 0.4) is 0 Å². The lowest BCUT2D eigenvalue weighted by molar-refractivity contribution is 0.340. The average molecular weight is 266 g/mol. The summed E-state index contributed by atoms with van der Waals surface area (Å²) in [6.45, 7) is 5.40. The molecule has 0 heterocycles. The molecule has 0 atom stereocenters. The number of aryl methyl sites for hydroxylation is 1. The van der Waals surface area contributed by atoms with Crippen molar-refractivity contribution >= 4 is 5.69 Å². The van der Waals surface area contributed by atoms with Crippen molar-refractivity contribution in [2.75, 3.05) is 11.9 Å². The highest BCUT2D eigenvalue weighted by molar-refractivity contribution is 5.55. The van der Waals surface area contributed by atoms with E-state index in [4.69, 9.17) is 10.00 Å². The van der Waals surface area contributed by atoms with E-state index >= 15 is 0 Å². The minimum Gasteiger partial charge on any atom is -0.494 e. The Balaban J connectivity index is 2.03. The van der Waals surface area contributed by atoms with Crippen LogP contribution < -0.4 is 10.1 Å². The van der Waals surface area contributed by atoms with Crippen molar-refractivity contribution in [3.63, 3.8) is 0 Å². The van der Waals surface area contributed by atoms with Gasteiger partial charge >= 0.3 is 0 Å². The molecule has 3 heteroatoms. The molecule has 0 radical (unpaired) electrons. The van der Waals surface area contributed by atoms with E-state index in [0.717, 1.165) is 23.5 Å². The van der Waals surface area contributed by atoms with Crippen molar-refractivity contribution in [3.05, 3.63) is 59.2 Å². The van der Waals surface area contributed by atoms with Gasteiger partial charge in [0.05, 0.1) is 18.2 Å². The van der Waals surface area contributed by atoms with Gasteiger partial charge in [0.25, 0.3) is 0 Å². The Morgan fingerprint density at radius 2 is 1.90 bits per heavy atom. The number of rotatable bonds is 5. The summed E-state index contributed by atoms with van der Waals surface area (Å²) in [7, 11) is 0. The molecule has 0 aliphatic rings. The van der Waals surface area contributed by atoms with Crippen LogP contribution in [0.2, 0.25) is 0 Å². The normalized spacial score (nSPS) is 9.85. The zero-order valence-electron chi connectivity index (χ0n) is 11.8. The molecule has 2 aromatic carbocycles. The standard InChI is InChI=1S/C17H18N2O/c1-3-20-16-8-6-14(7-9-16)12-19-17-10-15(11-18)5-4-13(17)2/h4-10,19H,3,12H2,1-2H3. The third kappa shape index (κ3) is 3.52. The Hall–Kier alpha value is -2.47. The molecule has 3 nitrogen and oxygen atoms in total. The maximum atomic E-state index is 8.93. The highest BCUT2D eigenvalue weighted by Crippen LogP contribution is 2.18. The van der Waals surface area contributed by atoms with Gasteiger partial charge in [0, 0.05) is 12.2 Å². The zero-order chi connectivity index (χ0) is 14.4. The van der Waals surface area contributed by atoms with Crippen molar-refractivity contribution in [1.82, 2.24) is 0 Å². The van der Waals surface area contributed by atoms with Gasteiger partial charge in [-0.25, -0.2) is 0 Å². The molecule has 0 bridgehead atoms. The highest BCUT2D eigenvalue weighted by Gasteiger charge is 2.01. The van der Waals surface area contributed by atoms with Gasteiger partial charge in [0.1, 0.15) is 5.75 Å². The quantitative estimate of drug-likeness (QED) is 0.893. The number of nitrogens with one attached hydrogen (secondary N) is 1. The Bertz CT molecular complexity index is 612. The van der Waals surface area contributed by atoms with Crippen LogP contribution in [0, 0.1) is 18.3 Å². The predicted octanol–water partition coefficient (Wildman–Crippen LogP) is 3.88. The molecule has 0 aliphatic heterocycles. The number of benzene rings is 2. The number of nitrogens with zero attached hydrogens (tertiary/aromatic N) is 1. The molecule has 1 N–H and O–H groups in total. The summed E-state index contributed by atoms with van der Waals surface area (Å²) in [6.07, 6.45) is 0. The molecular weight excluding hydrogens is 248 g/mol. The summed E-state index contributed by atoms with van der Waals surface area (Å²) >= 11 is 0. The zero-order valence-corrected chi connectivity index (χ0v) is 11.8. The topological polar surface area (TPSA) is 45.0 Å². The van der Waals surface area contributed by atoms with Gasteiger partial charge < -0.3 is 10.1 Å². The number of ether oxygens (including phenoxy) is 1. The molecule has 0 fully saturated rings. The van der Waals surface area contributed by atoms with Gasteiger partial charge in [-0.15, -0.1) is 0 Å². The van der Waals surface area contributed by atoms with Crippen LogP contribution in [0.15, 0.2) is 42.5 Å². The number of hydrogen-bond donors (Lipinski definition) is 1. The van der Waals surface area contributed by atoms with Crippen LogP contribution in [-0.2, 0) is 6.54 Å². The van der Waals surface area contributed by atoms with Crippen LogP contribution in [0.5, 0.6) is 5.75 Å². The van der Waals surface area contributed by atoms with Crippen molar-refractivity contribution < 1.29 is 4.74 Å². The minimum atomic E-state index is 0.671. The summed E-state index contributed by atoms with van der Waals surface area (Å²) in [5, 5.41) is 12.3. The fraction of sp³-hybridized carbons (Fsp3) is 0.235. The first-order valence-electron chi connectivity index (χ1n) is 6.69. The summed E-state index contributed by atoms with van der Waals surface area (Å²) in [4.78, 5) is 0. The molecule has 0 aliphatic carbocycles. The molecule has 0 saturated heterocycles. The number of nitriles is 1. The Morgan fingerprint density at radius 3 is 2.55 bits per heavy atom. The van der Waals surface area contributed by atoms with Crippen molar-refractivity contribution in [3.8, 4) is 11.8 Å². The second-order valence-electron chi connectivity index (χ2n) is 4.57. The van der Waals surface area contributed by atoms with Gasteiger partial charge in [-0.05, 0) is 49.2 Å². The second kappa shape index (κ2) is 6.63. The molecule has 102 valence electrons. The molecule has 2 aromatic rings. The third-order valence-electron chi connectivity index (χ3n) is 3.08. The van der Waals surface area contributed by atoms with E-state index < -0.39 is 0 Å². The smallest absolute Gasteiger partial charge is 0.119 e.